The number of ether oxygens (including phenoxy) is 3. The van der Waals surface area contributed by atoms with Gasteiger partial charge in [0.15, 0.2) is 17.6 Å². The summed E-state index contributed by atoms with van der Waals surface area (Å²) in [5.41, 5.74) is 2.52. The van der Waals surface area contributed by atoms with Crippen molar-refractivity contribution in [2.24, 2.45) is 10.9 Å². The second-order valence-corrected chi connectivity index (χ2v) is 18.3. The Balaban J connectivity index is 1.16. The minimum Gasteiger partial charge on any atom is -0.504 e. The summed E-state index contributed by atoms with van der Waals surface area (Å²) >= 11 is 0. The fourth-order valence-electron chi connectivity index (χ4n) is 9.66. The Labute approximate surface area is 326 Å². The van der Waals surface area contributed by atoms with Gasteiger partial charge in [0.1, 0.15) is 11.2 Å². The van der Waals surface area contributed by atoms with E-state index in [9.17, 15) is 19.8 Å². The number of aliphatic imine (C=N–C) groups is 1. The molecule has 3 aliphatic carbocycles. The molecule has 294 valence electrons. The average molecular weight is 762 g/mol. The Bertz CT molecular complexity index is 2270. The zero-order valence-electron chi connectivity index (χ0n) is 32.9. The number of aromatic amines is 1. The van der Waals surface area contributed by atoms with Crippen LogP contribution in [-0.4, -0.2) is 79.1 Å². The molecule has 4 aromatic rings. The lowest BCUT2D eigenvalue weighted by atomic mass is 9.49. The molecule has 1 saturated heterocycles. The zero-order valence-corrected chi connectivity index (χ0v) is 32.9. The SMILES string of the molecule is CC(C)(C)OC(=O)NC(=Nc1ccc2[nH]c3c(c2c1)C[C@@]1(O)[C@H]2Cc4ccc(O)c5c4[C@@]1(CCN2CC1CC1)[C@H]3O5)N(Cc1ccccc1)C(=O)OC(C)(C)C. The molecule has 2 amide bonds. The summed E-state index contributed by atoms with van der Waals surface area (Å²) in [6, 6.07) is 18.7. The molecular weight excluding hydrogens is 711 g/mol. The van der Waals surface area contributed by atoms with Crippen molar-refractivity contribution < 1.29 is 34.0 Å². The Morgan fingerprint density at radius 1 is 1.04 bits per heavy atom. The maximum Gasteiger partial charge on any atom is 0.417 e. The number of carbonyl (C=O) groups is 2. The van der Waals surface area contributed by atoms with Crippen molar-refractivity contribution >= 4 is 34.7 Å². The van der Waals surface area contributed by atoms with Crippen molar-refractivity contribution in [1.82, 2.24) is 20.1 Å². The van der Waals surface area contributed by atoms with Gasteiger partial charge in [-0.25, -0.2) is 19.5 Å². The highest BCUT2D eigenvalue weighted by molar-refractivity contribution is 6.03. The highest BCUT2D eigenvalue weighted by atomic mass is 16.6. The number of phenols is 1. The van der Waals surface area contributed by atoms with Gasteiger partial charge in [0, 0.05) is 35.5 Å². The van der Waals surface area contributed by atoms with Gasteiger partial charge in [-0.15, -0.1) is 0 Å². The largest absolute Gasteiger partial charge is 0.504 e. The van der Waals surface area contributed by atoms with E-state index in [-0.39, 0.29) is 24.3 Å². The number of fused-ring (bicyclic) bond motifs is 4. The Kier molecular flexibility index (Phi) is 8.31. The van der Waals surface area contributed by atoms with Crippen LogP contribution in [-0.2, 0) is 34.3 Å². The van der Waals surface area contributed by atoms with Crippen molar-refractivity contribution in [3.8, 4) is 11.5 Å². The molecule has 1 spiro atoms. The number of phenolic OH excluding ortho intramolecular Hbond substituents is 1. The summed E-state index contributed by atoms with van der Waals surface area (Å²) in [5, 5.41) is 28.1. The number of aromatic hydroxyl groups is 1. The summed E-state index contributed by atoms with van der Waals surface area (Å²) in [6.07, 6.45) is 2.24. The lowest BCUT2D eigenvalue weighted by Gasteiger charge is -2.62. The molecule has 5 aliphatic rings. The molecule has 0 unspecified atom stereocenters. The minimum absolute atomic E-state index is 0.0613. The van der Waals surface area contributed by atoms with Crippen molar-refractivity contribution in [3.63, 3.8) is 0 Å². The summed E-state index contributed by atoms with van der Waals surface area (Å²) < 4.78 is 18.3. The van der Waals surface area contributed by atoms with Crippen LogP contribution >= 0.6 is 0 Å². The maximum atomic E-state index is 13.9. The quantitative estimate of drug-likeness (QED) is 0.121. The molecule has 4 atom stereocenters. The molecule has 0 radical (unpaired) electrons. The average Bonchev–Trinajstić information content (AvgIpc) is 3.76. The van der Waals surface area contributed by atoms with Gasteiger partial charge in [0.2, 0.25) is 5.96 Å². The van der Waals surface area contributed by atoms with E-state index < -0.39 is 40.5 Å². The highest BCUT2D eigenvalue weighted by Gasteiger charge is 2.73. The van der Waals surface area contributed by atoms with Crippen molar-refractivity contribution in [2.75, 3.05) is 13.1 Å². The summed E-state index contributed by atoms with van der Waals surface area (Å²) in [6.45, 7) is 12.5. The number of rotatable bonds is 5. The van der Waals surface area contributed by atoms with Crippen LogP contribution < -0.4 is 10.1 Å². The Morgan fingerprint density at radius 3 is 2.50 bits per heavy atom. The fourth-order valence-corrected chi connectivity index (χ4v) is 9.66. The van der Waals surface area contributed by atoms with Gasteiger partial charge in [-0.2, -0.15) is 0 Å². The van der Waals surface area contributed by atoms with Crippen LogP contribution in [0.4, 0.5) is 15.3 Å². The topological polar surface area (TPSA) is 149 Å². The van der Waals surface area contributed by atoms with Crippen LogP contribution in [0.2, 0.25) is 0 Å². The van der Waals surface area contributed by atoms with Crippen LogP contribution in [0.3, 0.4) is 0 Å². The fraction of sp³-hybridized carbons (Fsp3) is 0.477. The third-order valence-electron chi connectivity index (χ3n) is 12.0. The van der Waals surface area contributed by atoms with Gasteiger partial charge in [0.05, 0.1) is 28.9 Å². The van der Waals surface area contributed by atoms with Crippen molar-refractivity contribution in [1.29, 1.82) is 0 Å². The van der Waals surface area contributed by atoms with Gasteiger partial charge in [-0.05, 0) is 121 Å². The molecule has 4 N–H and O–H groups in total. The number of aliphatic hydroxyl groups is 1. The third kappa shape index (κ3) is 6.08. The molecule has 3 aromatic carbocycles. The highest BCUT2D eigenvalue weighted by Crippen LogP contribution is 2.69. The van der Waals surface area contributed by atoms with E-state index in [1.54, 1.807) is 47.6 Å². The number of nitrogens with zero attached hydrogens (tertiary/aromatic N) is 3. The Morgan fingerprint density at radius 2 is 1.79 bits per heavy atom. The van der Waals surface area contributed by atoms with Gasteiger partial charge in [0.25, 0.3) is 0 Å². The van der Waals surface area contributed by atoms with Crippen molar-refractivity contribution in [3.05, 3.63) is 88.6 Å². The molecule has 12 nitrogen and oxygen atoms in total. The molecule has 9 rings (SSSR count). The third-order valence-corrected chi connectivity index (χ3v) is 12.0. The molecule has 56 heavy (non-hydrogen) atoms. The van der Waals surface area contributed by atoms with Gasteiger partial charge in [-0.1, -0.05) is 36.4 Å². The monoisotopic (exact) mass is 761 g/mol. The predicted octanol–water partition coefficient (Wildman–Crippen LogP) is 7.52. The molecule has 2 fully saturated rings. The first-order valence-corrected chi connectivity index (χ1v) is 19.8. The lowest BCUT2D eigenvalue weighted by molar-refractivity contribution is -0.173. The number of benzene rings is 3. The first kappa shape index (κ1) is 36.6. The predicted molar refractivity (Wildman–Crippen MR) is 211 cm³/mol. The molecule has 3 heterocycles. The van der Waals surface area contributed by atoms with E-state index in [1.807, 2.05) is 54.6 Å². The van der Waals surface area contributed by atoms with E-state index in [0.29, 0.717) is 36.6 Å². The lowest BCUT2D eigenvalue weighted by Crippen LogP contribution is -2.74. The van der Waals surface area contributed by atoms with Gasteiger partial charge < -0.3 is 29.4 Å². The summed E-state index contributed by atoms with van der Waals surface area (Å²) in [4.78, 5) is 39.7. The number of aromatic nitrogens is 1. The zero-order chi connectivity index (χ0) is 39.4. The molecule has 2 bridgehead atoms. The van der Waals surface area contributed by atoms with Crippen LogP contribution in [0.25, 0.3) is 10.9 Å². The number of carbonyl (C=O) groups excluding carboxylic acids is 2. The molecular formula is C44H51N5O7. The van der Waals surface area contributed by atoms with Crippen LogP contribution in [0, 0.1) is 5.92 Å². The van der Waals surface area contributed by atoms with E-state index in [4.69, 9.17) is 19.2 Å². The van der Waals surface area contributed by atoms with Gasteiger partial charge in [-0.3, -0.25) is 10.2 Å². The second-order valence-electron chi connectivity index (χ2n) is 18.3. The number of alkyl carbamates (subject to hydrolysis) is 1. The number of guanidine groups is 1. The smallest absolute Gasteiger partial charge is 0.417 e. The normalized spacial score (nSPS) is 25.2. The number of amides is 2. The van der Waals surface area contributed by atoms with E-state index in [2.05, 4.69) is 15.2 Å². The first-order valence-electron chi connectivity index (χ1n) is 19.8. The number of hydrogen-bond donors (Lipinski definition) is 4. The molecule has 2 aliphatic heterocycles. The van der Waals surface area contributed by atoms with E-state index in [1.165, 1.54) is 17.7 Å². The maximum absolute atomic E-state index is 13.9. The van der Waals surface area contributed by atoms with Crippen LogP contribution in [0.15, 0.2) is 65.7 Å². The number of H-pyrrole nitrogens is 1. The second kappa shape index (κ2) is 12.7. The van der Waals surface area contributed by atoms with E-state index in [0.717, 1.165) is 51.9 Å². The number of likely N-dealkylation sites (tertiary alicyclic amines) is 1. The van der Waals surface area contributed by atoms with Crippen LogP contribution in [0.1, 0.15) is 94.9 Å². The standard InChI is InChI=1S/C44H51N5O7/c1-41(2,3)55-39(51)47-38(49(40(52)56-42(4,5)6)24-25-10-8-7-9-11-25)45-28-15-16-31-29(21-28)30-22-44(53)33-20-27-14-17-32(50)36-34(27)43(44,37(54-36)35(30)46-31)18-19-48(33)23-26-12-13-26/h7-11,14-17,21,26,33,37,46,50,53H,12-13,18-20,22-24H2,1-6H3,(H,45,47,51)/t33-,37+,43+,44-/m1/s1. The van der Waals surface area contributed by atoms with Crippen molar-refractivity contribution in [2.45, 2.75) is 115 Å². The summed E-state index contributed by atoms with van der Waals surface area (Å²) in [7, 11) is 0. The van der Waals surface area contributed by atoms with Crippen LogP contribution in [0.5, 0.6) is 11.5 Å². The molecule has 1 aromatic heterocycles. The number of hydrogen-bond acceptors (Lipinski definition) is 9. The van der Waals surface area contributed by atoms with E-state index >= 15 is 0 Å². The number of piperidine rings is 1. The molecule has 1 saturated carbocycles. The first-order chi connectivity index (χ1) is 26.5. The number of nitrogens with one attached hydrogen (secondary N) is 2. The Hall–Kier alpha value is -5.07. The molecule has 12 heteroatoms. The summed E-state index contributed by atoms with van der Waals surface area (Å²) in [5.74, 6) is 1.18. The minimum atomic E-state index is -1.16. The van der Waals surface area contributed by atoms with Gasteiger partial charge >= 0.3 is 12.2 Å².